The predicted octanol–water partition coefficient (Wildman–Crippen LogP) is 3.67. The van der Waals surface area contributed by atoms with Crippen molar-refractivity contribution in [1.82, 2.24) is 15.0 Å². The molecular formula is C13H8BrFN4. The molecule has 94 valence electrons. The van der Waals surface area contributed by atoms with Crippen molar-refractivity contribution in [2.24, 2.45) is 0 Å². The van der Waals surface area contributed by atoms with Gasteiger partial charge in [0.05, 0.1) is 11.2 Å². The highest BCUT2D eigenvalue weighted by Gasteiger charge is 2.04. The fraction of sp³-hybridized carbons (Fsp3) is 0. The van der Waals surface area contributed by atoms with Crippen molar-refractivity contribution in [3.8, 4) is 0 Å². The Hall–Kier alpha value is -2.08. The zero-order valence-corrected chi connectivity index (χ0v) is 11.2. The van der Waals surface area contributed by atoms with Crippen LogP contribution in [0.15, 0.2) is 47.3 Å². The Morgan fingerprint density at radius 1 is 1.11 bits per heavy atom. The number of fused-ring (bicyclic) bond motifs is 1. The van der Waals surface area contributed by atoms with Gasteiger partial charge in [-0.05, 0) is 28.1 Å². The number of nitrogens with zero attached hydrogens (tertiary/aromatic N) is 3. The maximum Gasteiger partial charge on any atom is 0.218 e. The molecule has 2 aromatic heterocycles. The van der Waals surface area contributed by atoms with Gasteiger partial charge in [-0.3, -0.25) is 4.98 Å². The molecule has 0 radical (unpaired) electrons. The molecule has 0 saturated heterocycles. The Balaban J connectivity index is 2.06. The van der Waals surface area contributed by atoms with E-state index in [9.17, 15) is 4.39 Å². The monoisotopic (exact) mass is 318 g/mol. The lowest BCUT2D eigenvalue weighted by atomic mass is 10.2. The molecule has 3 aromatic rings. The lowest BCUT2D eigenvalue weighted by Crippen LogP contribution is -1.97. The van der Waals surface area contributed by atoms with E-state index in [1.54, 1.807) is 6.20 Å². The second-order valence-electron chi connectivity index (χ2n) is 3.88. The summed E-state index contributed by atoms with van der Waals surface area (Å²) in [4.78, 5) is 11.7. The van der Waals surface area contributed by atoms with E-state index in [4.69, 9.17) is 0 Å². The molecule has 0 spiro atoms. The summed E-state index contributed by atoms with van der Waals surface area (Å²) < 4.78 is 13.9. The van der Waals surface area contributed by atoms with E-state index in [1.165, 1.54) is 12.4 Å². The van der Waals surface area contributed by atoms with Gasteiger partial charge in [-0.2, -0.15) is 4.39 Å². The van der Waals surface area contributed by atoms with E-state index in [0.29, 0.717) is 5.82 Å². The molecule has 0 atom stereocenters. The molecule has 2 heterocycles. The summed E-state index contributed by atoms with van der Waals surface area (Å²) >= 11 is 3.38. The van der Waals surface area contributed by atoms with Crippen LogP contribution in [0.25, 0.3) is 10.9 Å². The topological polar surface area (TPSA) is 50.7 Å². The van der Waals surface area contributed by atoms with Crippen molar-refractivity contribution in [3.05, 3.63) is 53.3 Å². The number of benzene rings is 1. The quantitative estimate of drug-likeness (QED) is 0.732. The predicted molar refractivity (Wildman–Crippen MR) is 74.7 cm³/mol. The highest BCUT2D eigenvalue weighted by Crippen LogP contribution is 2.25. The Morgan fingerprint density at radius 3 is 2.84 bits per heavy atom. The first-order valence-corrected chi connectivity index (χ1v) is 6.30. The molecule has 0 saturated carbocycles. The largest absolute Gasteiger partial charge is 0.338 e. The van der Waals surface area contributed by atoms with Crippen molar-refractivity contribution >= 4 is 38.3 Å². The minimum absolute atomic E-state index is 0.393. The smallest absolute Gasteiger partial charge is 0.218 e. The summed E-state index contributed by atoms with van der Waals surface area (Å²) in [6, 6.07) is 8.92. The summed E-state index contributed by atoms with van der Waals surface area (Å²) in [5.74, 6) is -0.182. The van der Waals surface area contributed by atoms with E-state index >= 15 is 0 Å². The van der Waals surface area contributed by atoms with Crippen LogP contribution in [0.5, 0.6) is 0 Å². The molecule has 1 aromatic carbocycles. The summed E-state index contributed by atoms with van der Waals surface area (Å²) in [5, 5.41) is 4.02. The maximum atomic E-state index is 13.0. The Kier molecular flexibility index (Phi) is 3.08. The van der Waals surface area contributed by atoms with E-state index < -0.39 is 5.95 Å². The molecule has 3 rings (SSSR count). The van der Waals surface area contributed by atoms with E-state index in [2.05, 4.69) is 36.2 Å². The fourth-order valence-electron chi connectivity index (χ4n) is 1.77. The minimum atomic E-state index is -0.576. The number of para-hydroxylation sites is 1. The van der Waals surface area contributed by atoms with Crippen LogP contribution in [-0.4, -0.2) is 15.0 Å². The van der Waals surface area contributed by atoms with Gasteiger partial charge in [0.1, 0.15) is 12.1 Å². The Labute approximate surface area is 116 Å². The maximum absolute atomic E-state index is 13.0. The minimum Gasteiger partial charge on any atom is -0.338 e. The van der Waals surface area contributed by atoms with Crippen LogP contribution in [0.4, 0.5) is 15.9 Å². The molecule has 0 fully saturated rings. The van der Waals surface area contributed by atoms with Gasteiger partial charge in [-0.15, -0.1) is 0 Å². The fourth-order valence-corrected chi connectivity index (χ4v) is 2.12. The second-order valence-corrected chi connectivity index (χ2v) is 4.80. The van der Waals surface area contributed by atoms with Crippen LogP contribution >= 0.6 is 15.9 Å². The second kappa shape index (κ2) is 4.89. The number of pyridine rings is 1. The van der Waals surface area contributed by atoms with Crippen LogP contribution < -0.4 is 5.32 Å². The van der Waals surface area contributed by atoms with Crippen molar-refractivity contribution in [3.63, 3.8) is 0 Å². The molecule has 6 heteroatoms. The number of halogens is 2. The summed E-state index contributed by atoms with van der Waals surface area (Å²) in [5.41, 5.74) is 1.56. The summed E-state index contributed by atoms with van der Waals surface area (Å²) in [6.45, 7) is 0. The van der Waals surface area contributed by atoms with Crippen LogP contribution in [0.1, 0.15) is 0 Å². The van der Waals surface area contributed by atoms with Gasteiger partial charge in [0.25, 0.3) is 0 Å². The first kappa shape index (κ1) is 12.0. The van der Waals surface area contributed by atoms with E-state index in [-0.39, 0.29) is 0 Å². The van der Waals surface area contributed by atoms with Crippen molar-refractivity contribution < 1.29 is 4.39 Å². The van der Waals surface area contributed by atoms with Crippen LogP contribution in [0.3, 0.4) is 0 Å². The number of rotatable bonds is 2. The molecule has 0 aliphatic carbocycles. The van der Waals surface area contributed by atoms with E-state index in [0.717, 1.165) is 21.1 Å². The lowest BCUT2D eigenvalue weighted by Gasteiger charge is -2.08. The Bertz CT molecular complexity index is 748. The molecule has 0 bridgehead atoms. The third kappa shape index (κ3) is 2.53. The summed E-state index contributed by atoms with van der Waals surface area (Å²) in [6.07, 6.45) is 2.89. The van der Waals surface area contributed by atoms with Gasteiger partial charge in [-0.1, -0.05) is 12.1 Å². The van der Waals surface area contributed by atoms with E-state index in [1.807, 2.05) is 24.3 Å². The van der Waals surface area contributed by atoms with Crippen LogP contribution in [-0.2, 0) is 0 Å². The molecule has 1 N–H and O–H groups in total. The third-order valence-electron chi connectivity index (χ3n) is 2.57. The van der Waals surface area contributed by atoms with Gasteiger partial charge in [0.15, 0.2) is 0 Å². The number of hydrogen-bond acceptors (Lipinski definition) is 4. The van der Waals surface area contributed by atoms with Crippen molar-refractivity contribution in [1.29, 1.82) is 0 Å². The van der Waals surface area contributed by atoms with Gasteiger partial charge < -0.3 is 5.32 Å². The number of aromatic nitrogens is 3. The summed E-state index contributed by atoms with van der Waals surface area (Å²) in [7, 11) is 0. The molecular weight excluding hydrogens is 311 g/mol. The number of hydrogen-bond donors (Lipinski definition) is 1. The first-order chi connectivity index (χ1) is 9.22. The SMILES string of the molecule is Fc1cc(Nc2cccc3cc(Br)cnc23)ncn1. The number of anilines is 2. The van der Waals surface area contributed by atoms with Gasteiger partial charge in [-0.25, -0.2) is 9.97 Å². The number of nitrogens with one attached hydrogen (secondary N) is 1. The van der Waals surface area contributed by atoms with Gasteiger partial charge in [0, 0.05) is 22.1 Å². The van der Waals surface area contributed by atoms with Gasteiger partial charge in [0.2, 0.25) is 5.95 Å². The molecule has 0 unspecified atom stereocenters. The lowest BCUT2D eigenvalue weighted by molar-refractivity contribution is 0.580. The molecule has 19 heavy (non-hydrogen) atoms. The zero-order valence-electron chi connectivity index (χ0n) is 9.64. The average molecular weight is 319 g/mol. The first-order valence-electron chi connectivity index (χ1n) is 5.51. The zero-order chi connectivity index (χ0) is 13.2. The highest BCUT2D eigenvalue weighted by molar-refractivity contribution is 9.10. The highest BCUT2D eigenvalue weighted by atomic mass is 79.9. The standard InChI is InChI=1S/C13H8BrFN4/c14-9-4-8-2-1-3-10(13(8)16-6-9)19-12-5-11(15)17-7-18-12/h1-7H,(H,17,18,19). The van der Waals surface area contributed by atoms with Crippen molar-refractivity contribution in [2.45, 2.75) is 0 Å². The molecule has 0 amide bonds. The van der Waals surface area contributed by atoms with Crippen LogP contribution in [0.2, 0.25) is 0 Å². The average Bonchev–Trinajstić information content (AvgIpc) is 2.38. The molecule has 4 nitrogen and oxygen atoms in total. The molecule has 0 aliphatic rings. The van der Waals surface area contributed by atoms with Gasteiger partial charge >= 0.3 is 0 Å². The normalized spacial score (nSPS) is 10.6. The third-order valence-corrected chi connectivity index (χ3v) is 3.01. The Morgan fingerprint density at radius 2 is 2.00 bits per heavy atom. The van der Waals surface area contributed by atoms with Crippen molar-refractivity contribution in [2.75, 3.05) is 5.32 Å². The molecule has 0 aliphatic heterocycles. The van der Waals surface area contributed by atoms with Crippen LogP contribution in [0, 0.1) is 5.95 Å².